The molecule has 0 amide bonds. The minimum Gasteiger partial charge on any atom is -1.00 e. The Morgan fingerprint density at radius 3 is 2.00 bits per heavy atom. The number of nitrogens with zero attached hydrogens (tertiary/aromatic N) is 1. The molecule has 0 bridgehead atoms. The molecule has 0 aliphatic heterocycles. The summed E-state index contributed by atoms with van der Waals surface area (Å²) in [4.78, 5) is 23.8. The molecule has 0 saturated carbocycles. The van der Waals surface area contributed by atoms with Gasteiger partial charge in [0.1, 0.15) is 7.05 Å². The zero-order chi connectivity index (χ0) is 13.1. The van der Waals surface area contributed by atoms with Gasteiger partial charge in [0.15, 0.2) is 24.0 Å². The highest BCUT2D eigenvalue weighted by Gasteiger charge is 2.16. The summed E-state index contributed by atoms with van der Waals surface area (Å²) in [5.41, 5.74) is 1.51. The van der Waals surface area contributed by atoms with Crippen LogP contribution in [-0.4, -0.2) is 11.6 Å². The number of hydrogen-bond acceptors (Lipinski definition) is 2. The number of hydrogen-bond donors (Lipinski definition) is 0. The van der Waals surface area contributed by atoms with E-state index in [9.17, 15) is 9.59 Å². The maximum Gasteiger partial charge on any atom is 0.194 e. The van der Waals surface area contributed by atoms with Crippen molar-refractivity contribution in [3.8, 4) is 0 Å². The van der Waals surface area contributed by atoms with E-state index in [1.807, 2.05) is 24.0 Å². The minimum atomic E-state index is -0.124. The number of aryl methyl sites for hydroxylation is 1. The van der Waals surface area contributed by atoms with E-state index >= 15 is 0 Å². The molecule has 3 nitrogen and oxygen atoms in total. The lowest BCUT2D eigenvalue weighted by Crippen LogP contribution is -3.00. The first-order valence-electron chi connectivity index (χ1n) is 5.69. The molecule has 0 atom stereocenters. The lowest BCUT2D eigenvalue weighted by atomic mass is 9.97. The van der Waals surface area contributed by atoms with Crippen LogP contribution in [0.2, 0.25) is 0 Å². The van der Waals surface area contributed by atoms with Gasteiger partial charge in [-0.15, -0.1) is 0 Å². The van der Waals surface area contributed by atoms with Gasteiger partial charge in [0.25, 0.3) is 0 Å². The van der Waals surface area contributed by atoms with Crippen LogP contribution in [0.4, 0.5) is 0 Å². The Morgan fingerprint density at radius 1 is 0.947 bits per heavy atom. The molecular weight excluding hydrogens is 353 g/mol. The molecule has 0 aliphatic carbocycles. The Bertz CT molecular complexity index is 606. The molecule has 1 aromatic carbocycles. The van der Waals surface area contributed by atoms with Gasteiger partial charge in [-0.2, -0.15) is 0 Å². The molecule has 0 fully saturated rings. The van der Waals surface area contributed by atoms with E-state index < -0.39 is 0 Å². The Labute approximate surface area is 129 Å². The number of carbonyl (C=O) groups excluding carboxylic acids is 2. The van der Waals surface area contributed by atoms with E-state index in [1.54, 1.807) is 36.4 Å². The minimum absolute atomic E-state index is 0. The molecule has 0 N–H and O–H groups in total. The van der Waals surface area contributed by atoms with E-state index in [0.29, 0.717) is 16.7 Å². The van der Waals surface area contributed by atoms with Crippen molar-refractivity contribution in [3.05, 3.63) is 65.5 Å². The van der Waals surface area contributed by atoms with Crippen LogP contribution >= 0.6 is 0 Å². The first kappa shape index (κ1) is 15.5. The normalized spacial score (nSPS) is 9.58. The van der Waals surface area contributed by atoms with Gasteiger partial charge >= 0.3 is 0 Å². The first-order valence-corrected chi connectivity index (χ1v) is 5.69. The molecule has 0 saturated heterocycles. The summed E-state index contributed by atoms with van der Waals surface area (Å²) in [7, 11) is 1.89. The van der Waals surface area contributed by atoms with E-state index in [2.05, 4.69) is 0 Å². The van der Waals surface area contributed by atoms with Crippen LogP contribution in [0.15, 0.2) is 48.8 Å². The molecule has 0 spiro atoms. The molecule has 98 valence electrons. The Kier molecular flexibility index (Phi) is 5.35. The molecule has 2 aromatic rings. The van der Waals surface area contributed by atoms with E-state index in [0.717, 1.165) is 0 Å². The van der Waals surface area contributed by atoms with Gasteiger partial charge in [-0.25, -0.2) is 4.57 Å². The largest absolute Gasteiger partial charge is 1.00 e. The third kappa shape index (κ3) is 3.47. The Hall–Kier alpha value is -1.56. The molecular formula is C15H14INO2. The number of rotatable bonds is 3. The fourth-order valence-electron chi connectivity index (χ4n) is 1.80. The maximum atomic E-state index is 12.3. The van der Waals surface area contributed by atoms with Gasteiger partial charge in [-0.1, -0.05) is 24.3 Å². The lowest BCUT2D eigenvalue weighted by molar-refractivity contribution is -0.671. The molecule has 19 heavy (non-hydrogen) atoms. The molecule has 0 radical (unpaired) electrons. The summed E-state index contributed by atoms with van der Waals surface area (Å²) in [5.74, 6) is -0.221. The number of aromatic nitrogens is 1. The smallest absolute Gasteiger partial charge is 0.194 e. The SMILES string of the molecule is CC(=O)c1ccccc1C(=O)c1cc[n+](C)cc1.[I-]. The average molecular weight is 367 g/mol. The highest BCUT2D eigenvalue weighted by molar-refractivity contribution is 6.15. The predicted molar refractivity (Wildman–Crippen MR) is 67.5 cm³/mol. The van der Waals surface area contributed by atoms with Crippen LogP contribution < -0.4 is 28.5 Å². The maximum absolute atomic E-state index is 12.3. The second kappa shape index (κ2) is 6.56. The molecule has 2 rings (SSSR count). The van der Waals surface area contributed by atoms with E-state index in [4.69, 9.17) is 0 Å². The summed E-state index contributed by atoms with van der Waals surface area (Å²) < 4.78 is 1.85. The zero-order valence-electron chi connectivity index (χ0n) is 10.8. The van der Waals surface area contributed by atoms with Crippen LogP contribution in [0.1, 0.15) is 33.2 Å². The van der Waals surface area contributed by atoms with Crippen molar-refractivity contribution >= 4 is 11.6 Å². The van der Waals surface area contributed by atoms with Crippen molar-refractivity contribution in [2.24, 2.45) is 7.05 Å². The van der Waals surface area contributed by atoms with Gasteiger partial charge in [-0.05, 0) is 6.92 Å². The number of ketones is 2. The number of Topliss-reactive ketones (excluding diaryl/α,β-unsaturated/α-hetero) is 1. The second-order valence-electron chi connectivity index (χ2n) is 4.18. The highest BCUT2D eigenvalue weighted by atomic mass is 127. The van der Waals surface area contributed by atoms with Gasteiger partial charge in [-0.3, -0.25) is 9.59 Å². The predicted octanol–water partition coefficient (Wildman–Crippen LogP) is -1.05. The Balaban J connectivity index is 0.00000180. The molecule has 1 aromatic heterocycles. The molecule has 4 heteroatoms. The van der Waals surface area contributed by atoms with Crippen LogP contribution in [-0.2, 0) is 7.05 Å². The average Bonchev–Trinajstić information content (AvgIpc) is 2.39. The summed E-state index contributed by atoms with van der Waals surface area (Å²) in [5, 5.41) is 0. The third-order valence-corrected chi connectivity index (χ3v) is 2.79. The molecule has 0 unspecified atom stereocenters. The fraction of sp³-hybridized carbons (Fsp3) is 0.133. The number of halogens is 1. The van der Waals surface area contributed by atoms with Crippen LogP contribution in [0.25, 0.3) is 0 Å². The fourth-order valence-corrected chi connectivity index (χ4v) is 1.80. The van der Waals surface area contributed by atoms with Crippen LogP contribution in [0, 0.1) is 0 Å². The number of carbonyl (C=O) groups is 2. The Morgan fingerprint density at radius 2 is 1.47 bits per heavy atom. The molecule has 1 heterocycles. The summed E-state index contributed by atoms with van der Waals surface area (Å²) in [6, 6.07) is 10.4. The highest BCUT2D eigenvalue weighted by Crippen LogP contribution is 2.14. The van der Waals surface area contributed by atoms with Crippen LogP contribution in [0.3, 0.4) is 0 Å². The van der Waals surface area contributed by atoms with Gasteiger partial charge in [0.05, 0.1) is 0 Å². The van der Waals surface area contributed by atoms with Crippen molar-refractivity contribution < 1.29 is 38.1 Å². The third-order valence-electron chi connectivity index (χ3n) is 2.79. The standard InChI is InChI=1S/C15H14NO2.HI/c1-11(17)13-5-3-4-6-14(13)15(18)12-7-9-16(2)10-8-12;/h3-10H,1-2H3;1H/q+1;/p-1. The van der Waals surface area contributed by atoms with Crippen molar-refractivity contribution in [3.63, 3.8) is 0 Å². The first-order chi connectivity index (χ1) is 8.59. The van der Waals surface area contributed by atoms with Gasteiger partial charge in [0.2, 0.25) is 0 Å². The quantitative estimate of drug-likeness (QED) is 0.395. The summed E-state index contributed by atoms with van der Waals surface area (Å²) in [6.07, 6.45) is 3.62. The molecule has 0 aliphatic rings. The van der Waals surface area contributed by atoms with Crippen molar-refractivity contribution in [2.75, 3.05) is 0 Å². The van der Waals surface area contributed by atoms with Gasteiger partial charge < -0.3 is 24.0 Å². The van der Waals surface area contributed by atoms with Crippen molar-refractivity contribution in [1.29, 1.82) is 0 Å². The van der Waals surface area contributed by atoms with Crippen molar-refractivity contribution in [1.82, 2.24) is 0 Å². The summed E-state index contributed by atoms with van der Waals surface area (Å²) >= 11 is 0. The monoisotopic (exact) mass is 367 g/mol. The number of benzene rings is 1. The van der Waals surface area contributed by atoms with E-state index in [1.165, 1.54) is 6.92 Å². The van der Waals surface area contributed by atoms with Crippen molar-refractivity contribution in [2.45, 2.75) is 6.92 Å². The topological polar surface area (TPSA) is 38.0 Å². The number of pyridine rings is 1. The van der Waals surface area contributed by atoms with Crippen LogP contribution in [0.5, 0.6) is 0 Å². The van der Waals surface area contributed by atoms with E-state index in [-0.39, 0.29) is 35.5 Å². The lowest BCUT2D eigenvalue weighted by Gasteiger charge is -2.05. The van der Waals surface area contributed by atoms with Gasteiger partial charge in [0, 0.05) is 28.8 Å². The second-order valence-corrected chi connectivity index (χ2v) is 4.18. The zero-order valence-corrected chi connectivity index (χ0v) is 12.9. The summed E-state index contributed by atoms with van der Waals surface area (Å²) in [6.45, 7) is 1.47.